The molecule has 0 saturated heterocycles. The van der Waals surface area contributed by atoms with Gasteiger partial charge in [0.25, 0.3) is 5.91 Å². The number of amides is 1. The van der Waals surface area contributed by atoms with E-state index in [4.69, 9.17) is 5.73 Å². The maximum absolute atomic E-state index is 12.3. The smallest absolute Gasteiger partial charge is 0.270 e. The van der Waals surface area contributed by atoms with Crippen molar-refractivity contribution in [2.24, 2.45) is 5.73 Å². The van der Waals surface area contributed by atoms with Crippen LogP contribution in [0.1, 0.15) is 93.7 Å². The molecule has 1 aromatic rings. The average Bonchev–Trinajstić information content (AvgIpc) is 3.14. The third kappa shape index (κ3) is 9.10. The number of nitrogens with one attached hydrogen (secondary N) is 1. The summed E-state index contributed by atoms with van der Waals surface area (Å²) >= 11 is 1.49. The minimum absolute atomic E-state index is 0.0489. The highest BCUT2D eigenvalue weighted by molar-refractivity contribution is 7.09. The van der Waals surface area contributed by atoms with Gasteiger partial charge in [-0.15, -0.1) is 11.3 Å². The van der Waals surface area contributed by atoms with Crippen LogP contribution in [0.25, 0.3) is 0 Å². The first-order valence-electron chi connectivity index (χ1n) is 10.3. The van der Waals surface area contributed by atoms with E-state index < -0.39 is 0 Å². The van der Waals surface area contributed by atoms with Crippen LogP contribution in [-0.2, 0) is 0 Å². The predicted octanol–water partition coefficient (Wildman–Crippen LogP) is 4.36. The lowest BCUT2D eigenvalue weighted by Crippen LogP contribution is -2.31. The van der Waals surface area contributed by atoms with Crippen LogP contribution in [0.15, 0.2) is 5.38 Å². The van der Waals surface area contributed by atoms with Crippen LogP contribution in [-0.4, -0.2) is 42.0 Å². The fourth-order valence-electron chi connectivity index (χ4n) is 2.80. The Hall–Kier alpha value is -0.980. The minimum Gasteiger partial charge on any atom is -0.351 e. The molecule has 0 aliphatic rings. The number of rotatable bonds is 15. The van der Waals surface area contributed by atoms with E-state index in [0.717, 1.165) is 50.3 Å². The highest BCUT2D eigenvalue weighted by Crippen LogP contribution is 2.20. The summed E-state index contributed by atoms with van der Waals surface area (Å²) in [4.78, 5) is 19.2. The van der Waals surface area contributed by atoms with Crippen molar-refractivity contribution in [3.8, 4) is 0 Å². The van der Waals surface area contributed by atoms with Crippen molar-refractivity contribution in [3.05, 3.63) is 16.1 Å². The van der Waals surface area contributed by atoms with Crippen molar-refractivity contribution in [3.63, 3.8) is 0 Å². The summed E-state index contributed by atoms with van der Waals surface area (Å²) in [5.74, 6) is -0.0798. The van der Waals surface area contributed by atoms with Gasteiger partial charge in [0.1, 0.15) is 10.7 Å². The van der Waals surface area contributed by atoms with E-state index in [0.29, 0.717) is 12.2 Å². The molecular weight excluding hydrogens is 344 g/mol. The van der Waals surface area contributed by atoms with Gasteiger partial charge in [-0.05, 0) is 45.3 Å². The normalized spacial score (nSPS) is 12.5. The number of carbonyl (C=O) groups excluding carboxylic acids is 1. The van der Waals surface area contributed by atoms with E-state index in [-0.39, 0.29) is 11.9 Å². The van der Waals surface area contributed by atoms with E-state index in [9.17, 15) is 4.79 Å². The van der Waals surface area contributed by atoms with E-state index >= 15 is 0 Å². The second kappa shape index (κ2) is 14.1. The minimum atomic E-state index is -0.0798. The van der Waals surface area contributed by atoms with Gasteiger partial charge in [-0.1, -0.05) is 46.5 Å². The van der Waals surface area contributed by atoms with Gasteiger partial charge >= 0.3 is 0 Å². The Morgan fingerprint density at radius 2 is 1.73 bits per heavy atom. The number of thiazole rings is 1. The first-order valence-corrected chi connectivity index (χ1v) is 11.2. The summed E-state index contributed by atoms with van der Waals surface area (Å²) in [5.41, 5.74) is 6.65. The zero-order valence-corrected chi connectivity index (χ0v) is 17.7. The Bertz CT molecular complexity index is 484. The molecule has 0 aliphatic heterocycles. The molecule has 3 N–H and O–H groups in total. The van der Waals surface area contributed by atoms with Crippen LogP contribution in [0.5, 0.6) is 0 Å². The molecule has 0 radical (unpaired) electrons. The summed E-state index contributed by atoms with van der Waals surface area (Å²) in [6.07, 6.45) is 9.07. The molecule has 5 nitrogen and oxygen atoms in total. The molecule has 1 rings (SSSR count). The topological polar surface area (TPSA) is 71.2 Å². The average molecular weight is 383 g/mol. The number of hydrogen-bond donors (Lipinski definition) is 2. The number of carbonyl (C=O) groups is 1. The van der Waals surface area contributed by atoms with Crippen LogP contribution in [0, 0.1) is 0 Å². The maximum atomic E-state index is 12.3. The molecule has 26 heavy (non-hydrogen) atoms. The van der Waals surface area contributed by atoms with Gasteiger partial charge in [0.2, 0.25) is 0 Å². The van der Waals surface area contributed by atoms with Crippen LogP contribution in [0.4, 0.5) is 0 Å². The van der Waals surface area contributed by atoms with Gasteiger partial charge in [0.05, 0.1) is 6.04 Å². The molecule has 0 spiro atoms. The number of nitrogens with zero attached hydrogens (tertiary/aromatic N) is 2. The van der Waals surface area contributed by atoms with Crippen LogP contribution < -0.4 is 11.1 Å². The van der Waals surface area contributed by atoms with Gasteiger partial charge in [0, 0.05) is 11.9 Å². The van der Waals surface area contributed by atoms with Crippen molar-refractivity contribution in [2.75, 3.05) is 26.2 Å². The summed E-state index contributed by atoms with van der Waals surface area (Å²) in [6.45, 7) is 10.7. The van der Waals surface area contributed by atoms with Gasteiger partial charge in [-0.25, -0.2) is 4.98 Å². The third-order valence-corrected chi connectivity index (χ3v) is 5.51. The molecule has 0 aromatic carbocycles. The van der Waals surface area contributed by atoms with E-state index in [2.05, 4.69) is 36.0 Å². The SMILES string of the molecule is CCCCC(N)c1nc(C(=O)NCCCN(CCCC)CCCC)cs1. The Labute approximate surface area is 163 Å². The highest BCUT2D eigenvalue weighted by atomic mass is 32.1. The zero-order chi connectivity index (χ0) is 19.2. The lowest BCUT2D eigenvalue weighted by atomic mass is 10.1. The number of hydrogen-bond acceptors (Lipinski definition) is 5. The van der Waals surface area contributed by atoms with E-state index in [1.807, 2.05) is 5.38 Å². The Balaban J connectivity index is 2.33. The first-order chi connectivity index (χ1) is 12.6. The summed E-state index contributed by atoms with van der Waals surface area (Å²) < 4.78 is 0. The highest BCUT2D eigenvalue weighted by Gasteiger charge is 2.14. The molecule has 0 fully saturated rings. The predicted molar refractivity (Wildman–Crippen MR) is 112 cm³/mol. The van der Waals surface area contributed by atoms with Crippen molar-refractivity contribution in [1.82, 2.24) is 15.2 Å². The molecular formula is C20H38N4OS. The van der Waals surface area contributed by atoms with Gasteiger partial charge < -0.3 is 16.0 Å². The molecule has 0 aliphatic carbocycles. The Morgan fingerprint density at radius 1 is 1.12 bits per heavy atom. The van der Waals surface area contributed by atoms with Crippen molar-refractivity contribution in [1.29, 1.82) is 0 Å². The van der Waals surface area contributed by atoms with Gasteiger partial charge in [0.15, 0.2) is 0 Å². The zero-order valence-electron chi connectivity index (χ0n) is 16.9. The van der Waals surface area contributed by atoms with Crippen LogP contribution >= 0.6 is 11.3 Å². The lowest BCUT2D eigenvalue weighted by molar-refractivity contribution is 0.0947. The van der Waals surface area contributed by atoms with Gasteiger partial charge in [-0.2, -0.15) is 0 Å². The third-order valence-electron chi connectivity index (χ3n) is 4.53. The summed E-state index contributed by atoms with van der Waals surface area (Å²) in [5, 5.41) is 5.69. The molecule has 6 heteroatoms. The summed E-state index contributed by atoms with van der Waals surface area (Å²) in [6, 6.07) is -0.0489. The second-order valence-corrected chi connectivity index (χ2v) is 7.87. The van der Waals surface area contributed by atoms with E-state index in [1.54, 1.807) is 0 Å². The standard InChI is InChI=1S/C20H38N4OS/c1-4-7-11-17(21)20-23-18(16-26-20)19(25)22-12-10-15-24(13-8-5-2)14-9-6-3/h16-17H,4-15,21H2,1-3H3,(H,22,25). The molecule has 1 atom stereocenters. The molecule has 0 saturated carbocycles. The molecule has 1 aromatic heterocycles. The monoisotopic (exact) mass is 382 g/mol. The maximum Gasteiger partial charge on any atom is 0.270 e. The summed E-state index contributed by atoms with van der Waals surface area (Å²) in [7, 11) is 0. The fourth-order valence-corrected chi connectivity index (χ4v) is 3.64. The lowest BCUT2D eigenvalue weighted by Gasteiger charge is -2.21. The second-order valence-electron chi connectivity index (χ2n) is 6.98. The van der Waals surface area contributed by atoms with Crippen molar-refractivity contribution >= 4 is 17.2 Å². The Morgan fingerprint density at radius 3 is 2.35 bits per heavy atom. The Kier molecular flexibility index (Phi) is 12.5. The first kappa shape index (κ1) is 23.1. The van der Waals surface area contributed by atoms with Gasteiger partial charge in [-0.3, -0.25) is 4.79 Å². The molecule has 1 unspecified atom stereocenters. The number of aromatic nitrogens is 1. The molecule has 1 amide bonds. The number of unbranched alkanes of at least 4 members (excludes halogenated alkanes) is 3. The van der Waals surface area contributed by atoms with Crippen molar-refractivity contribution < 1.29 is 4.79 Å². The molecule has 0 bridgehead atoms. The quantitative estimate of drug-likeness (QED) is 0.442. The molecule has 1 heterocycles. The van der Waals surface area contributed by atoms with Crippen molar-refractivity contribution in [2.45, 2.75) is 78.2 Å². The largest absolute Gasteiger partial charge is 0.351 e. The van der Waals surface area contributed by atoms with Crippen LogP contribution in [0.2, 0.25) is 0 Å². The molecule has 150 valence electrons. The fraction of sp³-hybridized carbons (Fsp3) is 0.800. The van der Waals surface area contributed by atoms with E-state index in [1.165, 1.54) is 37.0 Å². The van der Waals surface area contributed by atoms with Crippen LogP contribution in [0.3, 0.4) is 0 Å². The number of nitrogens with two attached hydrogens (primary N) is 1.